The lowest BCUT2D eigenvalue weighted by Crippen LogP contribution is -2.50. The number of cyclic esters (lactones) is 1. The van der Waals surface area contributed by atoms with E-state index in [9.17, 15) is 13.2 Å². The molecule has 0 aliphatic carbocycles. The summed E-state index contributed by atoms with van der Waals surface area (Å²) in [5.41, 5.74) is 2.08. The van der Waals surface area contributed by atoms with Crippen LogP contribution in [0.3, 0.4) is 0 Å². The molecule has 3 aromatic rings. The molecule has 0 radical (unpaired) electrons. The van der Waals surface area contributed by atoms with Crippen molar-refractivity contribution < 1.29 is 22.6 Å². The fraction of sp³-hybridized carbons (Fsp3) is 0.316. The summed E-state index contributed by atoms with van der Waals surface area (Å²) in [6, 6.07) is 10.3. The normalized spacial score (nSPS) is 18.4. The van der Waals surface area contributed by atoms with Gasteiger partial charge in [0.2, 0.25) is 10.0 Å². The standard InChI is InChI=1S/C19H17ClN4O5S/c20-14-5-6-16(18-17(14)21-29-22-18)30(26,27)23-9-7-13(8-10-23)24-15-4-2-1-3-12(15)11-28-19(24)25/h1-6,13H,7-11H2. The third kappa shape index (κ3) is 3.03. The van der Waals surface area contributed by atoms with Crippen molar-refractivity contribution in [1.29, 1.82) is 0 Å². The Bertz CT molecular complexity index is 1240. The van der Waals surface area contributed by atoms with Crippen LogP contribution in [0.4, 0.5) is 10.5 Å². The van der Waals surface area contributed by atoms with Gasteiger partial charge in [-0.15, -0.1) is 0 Å². The molecule has 30 heavy (non-hydrogen) atoms. The van der Waals surface area contributed by atoms with Gasteiger partial charge in [0.1, 0.15) is 11.5 Å². The number of aromatic nitrogens is 2. The summed E-state index contributed by atoms with van der Waals surface area (Å²) in [5, 5.41) is 7.67. The van der Waals surface area contributed by atoms with Crippen LogP contribution in [-0.4, -0.2) is 48.3 Å². The second kappa shape index (κ2) is 7.22. The van der Waals surface area contributed by atoms with Crippen LogP contribution in [0.2, 0.25) is 5.02 Å². The number of amides is 1. The molecule has 0 saturated carbocycles. The van der Waals surface area contributed by atoms with Crippen LogP contribution in [0.25, 0.3) is 11.0 Å². The van der Waals surface area contributed by atoms with E-state index in [2.05, 4.69) is 14.9 Å². The zero-order chi connectivity index (χ0) is 20.9. The lowest BCUT2D eigenvalue weighted by atomic mass is 10.0. The van der Waals surface area contributed by atoms with E-state index in [1.807, 2.05) is 24.3 Å². The fourth-order valence-electron chi connectivity index (χ4n) is 4.02. The number of nitrogens with zero attached hydrogens (tertiary/aromatic N) is 4. The van der Waals surface area contributed by atoms with Crippen LogP contribution in [-0.2, 0) is 21.4 Å². The Balaban J connectivity index is 1.39. The lowest BCUT2D eigenvalue weighted by molar-refractivity contribution is 0.136. The number of rotatable bonds is 3. The van der Waals surface area contributed by atoms with Gasteiger partial charge in [-0.2, -0.15) is 4.31 Å². The number of piperidine rings is 1. The van der Waals surface area contributed by atoms with Crippen LogP contribution in [0.5, 0.6) is 0 Å². The first-order valence-electron chi connectivity index (χ1n) is 9.41. The van der Waals surface area contributed by atoms with E-state index in [0.717, 1.165) is 11.3 Å². The first kappa shape index (κ1) is 19.3. The van der Waals surface area contributed by atoms with Crippen LogP contribution >= 0.6 is 11.6 Å². The number of hydrogen-bond donors (Lipinski definition) is 0. The minimum atomic E-state index is -3.83. The Morgan fingerprint density at radius 1 is 1.03 bits per heavy atom. The second-order valence-electron chi connectivity index (χ2n) is 7.20. The van der Waals surface area contributed by atoms with Crippen LogP contribution in [0.1, 0.15) is 18.4 Å². The molecular weight excluding hydrogens is 432 g/mol. The molecule has 2 aromatic carbocycles. The van der Waals surface area contributed by atoms with E-state index in [-0.39, 0.29) is 46.7 Å². The molecule has 9 nitrogen and oxygen atoms in total. The lowest BCUT2D eigenvalue weighted by Gasteiger charge is -2.39. The van der Waals surface area contributed by atoms with Crippen LogP contribution in [0.15, 0.2) is 45.9 Å². The highest BCUT2D eigenvalue weighted by Gasteiger charge is 2.37. The quantitative estimate of drug-likeness (QED) is 0.605. The van der Waals surface area contributed by atoms with Crippen molar-refractivity contribution >= 4 is 44.4 Å². The Morgan fingerprint density at radius 3 is 2.57 bits per heavy atom. The molecular formula is C19H17ClN4O5S. The number of anilines is 1. The van der Waals surface area contributed by atoms with E-state index in [1.54, 1.807) is 4.90 Å². The number of sulfonamides is 1. The molecule has 2 aliphatic rings. The van der Waals surface area contributed by atoms with Crippen molar-refractivity contribution in [2.24, 2.45) is 0 Å². The molecule has 3 heterocycles. The first-order valence-corrected chi connectivity index (χ1v) is 11.2. The van der Waals surface area contributed by atoms with Crippen molar-refractivity contribution in [2.75, 3.05) is 18.0 Å². The van der Waals surface area contributed by atoms with E-state index in [4.69, 9.17) is 16.3 Å². The van der Waals surface area contributed by atoms with E-state index in [0.29, 0.717) is 12.8 Å². The molecule has 11 heteroatoms. The van der Waals surface area contributed by atoms with Crippen molar-refractivity contribution in [3.63, 3.8) is 0 Å². The molecule has 1 saturated heterocycles. The van der Waals surface area contributed by atoms with Crippen molar-refractivity contribution in [3.8, 4) is 0 Å². The number of halogens is 1. The molecule has 0 N–H and O–H groups in total. The maximum atomic E-state index is 13.2. The van der Waals surface area contributed by atoms with Gasteiger partial charge in [-0.1, -0.05) is 29.8 Å². The molecule has 1 amide bonds. The number of carbonyl (C=O) groups is 1. The zero-order valence-electron chi connectivity index (χ0n) is 15.7. The molecule has 1 fully saturated rings. The summed E-state index contributed by atoms with van der Waals surface area (Å²) in [5.74, 6) is 0. The molecule has 0 unspecified atom stereocenters. The predicted molar refractivity (Wildman–Crippen MR) is 108 cm³/mol. The van der Waals surface area contributed by atoms with E-state index >= 15 is 0 Å². The maximum Gasteiger partial charge on any atom is 0.414 e. The number of benzene rings is 2. The summed E-state index contributed by atoms with van der Waals surface area (Å²) >= 11 is 6.05. The van der Waals surface area contributed by atoms with Gasteiger partial charge in [-0.05, 0) is 41.4 Å². The van der Waals surface area contributed by atoms with Gasteiger partial charge in [-0.25, -0.2) is 17.8 Å². The molecule has 0 atom stereocenters. The highest BCUT2D eigenvalue weighted by molar-refractivity contribution is 7.89. The van der Waals surface area contributed by atoms with Gasteiger partial charge < -0.3 is 4.74 Å². The van der Waals surface area contributed by atoms with Gasteiger partial charge in [0, 0.05) is 24.7 Å². The van der Waals surface area contributed by atoms with Crippen molar-refractivity contribution in [3.05, 3.63) is 47.0 Å². The SMILES string of the molecule is O=C1OCc2ccccc2N1C1CCN(S(=O)(=O)c2ccc(Cl)c3nonc23)CC1. The second-order valence-corrected chi connectivity index (χ2v) is 9.51. The van der Waals surface area contributed by atoms with Gasteiger partial charge >= 0.3 is 6.09 Å². The predicted octanol–water partition coefficient (Wildman–Crippen LogP) is 3.19. The Labute approximate surface area is 177 Å². The number of para-hydroxylation sites is 1. The number of carbonyl (C=O) groups excluding carboxylic acids is 1. The average Bonchev–Trinajstić information content (AvgIpc) is 3.24. The van der Waals surface area contributed by atoms with E-state index in [1.165, 1.54) is 16.4 Å². The first-order chi connectivity index (χ1) is 14.5. The van der Waals surface area contributed by atoms with Gasteiger partial charge in [0.15, 0.2) is 11.0 Å². The zero-order valence-corrected chi connectivity index (χ0v) is 17.3. The van der Waals surface area contributed by atoms with Gasteiger partial charge in [0.25, 0.3) is 0 Å². The summed E-state index contributed by atoms with van der Waals surface area (Å²) in [6.45, 7) is 0.764. The van der Waals surface area contributed by atoms with Crippen molar-refractivity contribution in [2.45, 2.75) is 30.4 Å². The van der Waals surface area contributed by atoms with Crippen LogP contribution < -0.4 is 4.90 Å². The molecule has 156 valence electrons. The summed E-state index contributed by atoms with van der Waals surface area (Å²) in [7, 11) is -3.83. The Morgan fingerprint density at radius 2 is 1.77 bits per heavy atom. The smallest absolute Gasteiger partial charge is 0.414 e. The minimum Gasteiger partial charge on any atom is -0.444 e. The Kier molecular flexibility index (Phi) is 4.64. The monoisotopic (exact) mass is 448 g/mol. The number of ether oxygens (including phenoxy) is 1. The number of hydrogen-bond acceptors (Lipinski definition) is 7. The molecule has 0 bridgehead atoms. The third-order valence-corrected chi connectivity index (χ3v) is 7.77. The largest absolute Gasteiger partial charge is 0.444 e. The number of fused-ring (bicyclic) bond motifs is 2. The Hall–Kier alpha value is -2.69. The fourth-order valence-corrected chi connectivity index (χ4v) is 5.80. The molecule has 2 aliphatic heterocycles. The van der Waals surface area contributed by atoms with Gasteiger partial charge in [0.05, 0.1) is 10.7 Å². The highest BCUT2D eigenvalue weighted by Crippen LogP contribution is 2.34. The summed E-state index contributed by atoms with van der Waals surface area (Å²) in [4.78, 5) is 14.1. The molecule has 0 spiro atoms. The maximum absolute atomic E-state index is 13.2. The average molecular weight is 449 g/mol. The van der Waals surface area contributed by atoms with Gasteiger partial charge in [-0.3, -0.25) is 4.90 Å². The van der Waals surface area contributed by atoms with Crippen LogP contribution in [0, 0.1) is 0 Å². The molecule has 5 rings (SSSR count). The summed E-state index contributed by atoms with van der Waals surface area (Å²) < 4.78 is 37.8. The third-order valence-electron chi connectivity index (χ3n) is 5.53. The minimum absolute atomic E-state index is 0.00401. The van der Waals surface area contributed by atoms with E-state index < -0.39 is 16.1 Å². The summed E-state index contributed by atoms with van der Waals surface area (Å²) in [6.07, 6.45) is 0.565. The molecule has 1 aromatic heterocycles. The highest BCUT2D eigenvalue weighted by atomic mass is 35.5. The topological polar surface area (TPSA) is 106 Å². The van der Waals surface area contributed by atoms with Crippen molar-refractivity contribution in [1.82, 2.24) is 14.6 Å².